The van der Waals surface area contributed by atoms with Gasteiger partial charge in [0.1, 0.15) is 5.82 Å². The molecule has 0 bridgehead atoms. The van der Waals surface area contributed by atoms with Crippen LogP contribution < -0.4 is 5.32 Å². The number of carbonyl (C=O) groups excluding carboxylic acids is 1. The van der Waals surface area contributed by atoms with Crippen molar-refractivity contribution in [3.8, 4) is 0 Å². The van der Waals surface area contributed by atoms with E-state index in [-0.39, 0.29) is 5.91 Å². The highest BCUT2D eigenvalue weighted by atomic mass is 16.1. The third-order valence-electron chi connectivity index (χ3n) is 1.76. The van der Waals surface area contributed by atoms with Crippen LogP contribution in [0.4, 0.5) is 5.82 Å². The predicted octanol–water partition coefficient (Wildman–Crippen LogP) is 3.19. The summed E-state index contributed by atoms with van der Waals surface area (Å²) in [5.74, 6) is 0.987. The van der Waals surface area contributed by atoms with Crippen LogP contribution in [0, 0.1) is 0 Å². The van der Waals surface area contributed by atoms with Crippen molar-refractivity contribution in [2.45, 2.75) is 40.5 Å². The molecule has 0 aliphatic rings. The average Bonchev–Trinajstić information content (AvgIpc) is 2.20. The third kappa shape index (κ3) is 5.15. The van der Waals surface area contributed by atoms with Gasteiger partial charge in [-0.1, -0.05) is 33.8 Å². The van der Waals surface area contributed by atoms with Crippen molar-refractivity contribution in [3.63, 3.8) is 0 Å². The van der Waals surface area contributed by atoms with Gasteiger partial charge in [-0.3, -0.25) is 4.79 Å². The van der Waals surface area contributed by atoms with E-state index in [0.29, 0.717) is 11.7 Å². The van der Waals surface area contributed by atoms with Gasteiger partial charge in [0, 0.05) is 13.1 Å². The van der Waals surface area contributed by atoms with Crippen LogP contribution in [0.2, 0.25) is 0 Å². The Bertz CT molecular complexity index is 291. The Morgan fingerprint density at radius 2 is 1.93 bits per heavy atom. The molecule has 0 radical (unpaired) electrons. The molecule has 1 aromatic heterocycles. The molecule has 1 heterocycles. The van der Waals surface area contributed by atoms with Gasteiger partial charge in [0.2, 0.25) is 5.91 Å². The second-order valence-electron chi connectivity index (χ2n) is 3.31. The van der Waals surface area contributed by atoms with Gasteiger partial charge in [0.15, 0.2) is 0 Å². The molecule has 1 amide bonds. The first-order valence-electron chi connectivity index (χ1n) is 5.33. The number of rotatable bonds is 2. The molecule has 0 aromatic carbocycles. The lowest BCUT2D eigenvalue weighted by atomic mass is 10.1. The van der Waals surface area contributed by atoms with Crippen molar-refractivity contribution in [1.29, 1.82) is 0 Å². The zero-order valence-corrected chi connectivity index (χ0v) is 10.2. The quantitative estimate of drug-likeness (QED) is 0.811. The maximum Gasteiger partial charge on any atom is 0.222 e. The van der Waals surface area contributed by atoms with E-state index >= 15 is 0 Å². The first-order chi connectivity index (χ1) is 7.09. The van der Waals surface area contributed by atoms with Crippen LogP contribution in [0.1, 0.15) is 46.1 Å². The van der Waals surface area contributed by atoms with Gasteiger partial charge in [-0.15, -0.1) is 0 Å². The zero-order chi connectivity index (χ0) is 11.8. The molecule has 84 valence electrons. The van der Waals surface area contributed by atoms with Crippen molar-refractivity contribution < 1.29 is 4.79 Å². The molecule has 3 heteroatoms. The molecule has 1 rings (SSSR count). The van der Waals surface area contributed by atoms with Gasteiger partial charge >= 0.3 is 0 Å². The van der Waals surface area contributed by atoms with Gasteiger partial charge in [-0.2, -0.15) is 0 Å². The molecular formula is C12H20N2O. The minimum atomic E-state index is -0.0928. The zero-order valence-electron chi connectivity index (χ0n) is 10.2. The molecule has 0 saturated carbocycles. The van der Waals surface area contributed by atoms with Gasteiger partial charge in [0.05, 0.1) is 0 Å². The van der Waals surface area contributed by atoms with Crippen molar-refractivity contribution in [2.75, 3.05) is 5.32 Å². The van der Waals surface area contributed by atoms with Gasteiger partial charge in [-0.25, -0.2) is 4.98 Å². The lowest BCUT2D eigenvalue weighted by Crippen LogP contribution is -2.07. The maximum absolute atomic E-state index is 10.7. The molecule has 0 aliphatic heterocycles. The lowest BCUT2D eigenvalue weighted by Gasteiger charge is -2.05. The maximum atomic E-state index is 10.7. The first kappa shape index (κ1) is 13.6. The van der Waals surface area contributed by atoms with Gasteiger partial charge < -0.3 is 5.32 Å². The van der Waals surface area contributed by atoms with E-state index in [2.05, 4.69) is 24.1 Å². The van der Waals surface area contributed by atoms with E-state index in [1.807, 2.05) is 26.0 Å². The fraction of sp³-hybridized carbons (Fsp3) is 0.500. The highest BCUT2D eigenvalue weighted by molar-refractivity contribution is 5.87. The second-order valence-corrected chi connectivity index (χ2v) is 3.31. The number of amides is 1. The molecule has 0 saturated heterocycles. The molecule has 1 aromatic rings. The first-order valence-corrected chi connectivity index (χ1v) is 5.33. The van der Waals surface area contributed by atoms with Crippen LogP contribution in [-0.4, -0.2) is 10.9 Å². The molecule has 0 unspecified atom stereocenters. The molecule has 0 fully saturated rings. The number of hydrogen-bond donors (Lipinski definition) is 1. The minimum Gasteiger partial charge on any atom is -0.311 e. The van der Waals surface area contributed by atoms with Crippen molar-refractivity contribution in [1.82, 2.24) is 4.98 Å². The van der Waals surface area contributed by atoms with E-state index in [1.165, 1.54) is 12.5 Å². The number of anilines is 1. The van der Waals surface area contributed by atoms with Crippen LogP contribution >= 0.6 is 0 Å². The highest BCUT2D eigenvalue weighted by Crippen LogP contribution is 2.14. The summed E-state index contributed by atoms with van der Waals surface area (Å²) in [6.45, 7) is 9.68. The number of pyridine rings is 1. The molecule has 3 nitrogen and oxygen atoms in total. The van der Waals surface area contributed by atoms with Crippen molar-refractivity contribution in [3.05, 3.63) is 23.9 Å². The standard InChI is InChI=1S/C10H14N2O.C2H6/c1-7(2)9-4-5-10(11-6-9)12-8(3)13;1-2/h4-7H,1-3H3,(H,11,12,13);1-2H3. The fourth-order valence-electron chi connectivity index (χ4n) is 1.00. The summed E-state index contributed by atoms with van der Waals surface area (Å²) in [4.78, 5) is 14.8. The lowest BCUT2D eigenvalue weighted by molar-refractivity contribution is -0.114. The Hall–Kier alpha value is -1.38. The number of carbonyl (C=O) groups is 1. The summed E-state index contributed by atoms with van der Waals surface area (Å²) in [5.41, 5.74) is 1.18. The Kier molecular flexibility index (Phi) is 6.34. The van der Waals surface area contributed by atoms with Crippen LogP contribution in [0.25, 0.3) is 0 Å². The smallest absolute Gasteiger partial charge is 0.222 e. The number of aromatic nitrogens is 1. The summed E-state index contributed by atoms with van der Waals surface area (Å²) in [5, 5.41) is 2.62. The normalized spacial score (nSPS) is 9.20. The van der Waals surface area contributed by atoms with Gasteiger partial charge in [0.25, 0.3) is 0 Å². The monoisotopic (exact) mass is 208 g/mol. The van der Waals surface area contributed by atoms with Crippen molar-refractivity contribution in [2.24, 2.45) is 0 Å². The summed E-state index contributed by atoms with van der Waals surface area (Å²) in [7, 11) is 0. The summed E-state index contributed by atoms with van der Waals surface area (Å²) < 4.78 is 0. The fourth-order valence-corrected chi connectivity index (χ4v) is 1.00. The molecule has 0 spiro atoms. The second kappa shape index (κ2) is 6.98. The van der Waals surface area contributed by atoms with Crippen LogP contribution in [0.3, 0.4) is 0 Å². The summed E-state index contributed by atoms with van der Waals surface area (Å²) in [6, 6.07) is 3.79. The van der Waals surface area contributed by atoms with E-state index in [9.17, 15) is 4.79 Å². The van der Waals surface area contributed by atoms with Crippen LogP contribution in [0.5, 0.6) is 0 Å². The highest BCUT2D eigenvalue weighted by Gasteiger charge is 2.00. The van der Waals surface area contributed by atoms with Crippen molar-refractivity contribution >= 4 is 11.7 Å². The molecule has 1 N–H and O–H groups in total. The molecule has 15 heavy (non-hydrogen) atoms. The Labute approximate surface area is 91.9 Å². The van der Waals surface area contributed by atoms with Crippen LogP contribution in [-0.2, 0) is 4.79 Å². The summed E-state index contributed by atoms with van der Waals surface area (Å²) >= 11 is 0. The average molecular weight is 208 g/mol. The number of nitrogens with zero attached hydrogens (tertiary/aromatic N) is 1. The Morgan fingerprint density at radius 3 is 2.27 bits per heavy atom. The molecule has 0 atom stereocenters. The Morgan fingerprint density at radius 1 is 1.33 bits per heavy atom. The molecule has 0 aliphatic carbocycles. The third-order valence-corrected chi connectivity index (χ3v) is 1.76. The number of nitrogens with one attached hydrogen (secondary N) is 1. The topological polar surface area (TPSA) is 42.0 Å². The van der Waals surface area contributed by atoms with E-state index in [0.717, 1.165) is 0 Å². The number of hydrogen-bond acceptors (Lipinski definition) is 2. The van der Waals surface area contributed by atoms with Gasteiger partial charge in [-0.05, 0) is 17.5 Å². The van der Waals surface area contributed by atoms with E-state index < -0.39 is 0 Å². The predicted molar refractivity (Wildman–Crippen MR) is 64.0 cm³/mol. The largest absolute Gasteiger partial charge is 0.311 e. The Balaban J connectivity index is 0.000000921. The minimum absolute atomic E-state index is 0.0928. The summed E-state index contributed by atoms with van der Waals surface area (Å²) in [6.07, 6.45) is 1.79. The van der Waals surface area contributed by atoms with Crippen LogP contribution in [0.15, 0.2) is 18.3 Å². The van der Waals surface area contributed by atoms with E-state index in [1.54, 1.807) is 6.20 Å². The molecular weight excluding hydrogens is 188 g/mol. The SMILES string of the molecule is CC.CC(=O)Nc1ccc(C(C)C)cn1. The van der Waals surface area contributed by atoms with E-state index in [4.69, 9.17) is 0 Å².